The maximum atomic E-state index is 4.19. The van der Waals surface area contributed by atoms with Crippen LogP contribution in [0.4, 0.5) is 0 Å². The van der Waals surface area contributed by atoms with Crippen LogP contribution in [0.25, 0.3) is 0 Å². The number of nitrogens with zero attached hydrogens (tertiary/aromatic N) is 2. The molecule has 1 aromatic rings. The second kappa shape index (κ2) is 8.84. The van der Waals surface area contributed by atoms with Crippen molar-refractivity contribution in [1.82, 2.24) is 9.97 Å². The Bertz CT molecular complexity index is 226. The van der Waals surface area contributed by atoms with E-state index in [-0.39, 0.29) is 116 Å². The summed E-state index contributed by atoms with van der Waals surface area (Å²) in [6, 6.07) is 1.77. The van der Waals surface area contributed by atoms with E-state index < -0.39 is 0 Å². The maximum absolute atomic E-state index is 4.19. The van der Waals surface area contributed by atoms with E-state index in [2.05, 4.69) is 16.2 Å². The van der Waals surface area contributed by atoms with Gasteiger partial charge in [0, 0.05) is 0 Å². The van der Waals surface area contributed by atoms with E-state index in [1.165, 1.54) is 0 Å². The molecule has 0 aliphatic carbocycles. The van der Waals surface area contributed by atoms with Crippen LogP contribution in [0.1, 0.15) is 25.4 Å². The number of rotatable bonds is 1. The minimum atomic E-state index is 0. The number of aryl methyl sites for hydroxylation is 1. The van der Waals surface area contributed by atoms with Gasteiger partial charge in [0.15, 0.2) is 0 Å². The Morgan fingerprint density at radius 3 is 2.25 bits per heavy atom. The summed E-state index contributed by atoms with van der Waals surface area (Å²) in [5.41, 5.74) is 0.964. The van der Waals surface area contributed by atoms with Gasteiger partial charge in [0.05, 0.1) is 0 Å². The molecule has 0 aliphatic heterocycles. The Morgan fingerprint density at radius 2 is 1.92 bits per heavy atom. The summed E-state index contributed by atoms with van der Waals surface area (Å²) in [4.78, 5) is 8.16. The van der Waals surface area contributed by atoms with Gasteiger partial charge in [-0.1, -0.05) is 18.8 Å². The van der Waals surface area contributed by atoms with Crippen LogP contribution in [-0.2, 0) is 0 Å². The van der Waals surface area contributed by atoms with Crippen LogP contribution < -0.4 is 116 Å². The van der Waals surface area contributed by atoms with E-state index in [9.17, 15) is 0 Å². The Labute approximate surface area is 172 Å². The van der Waals surface area contributed by atoms with Gasteiger partial charge in [-0.2, -0.15) is 13.8 Å². The molecule has 12 heavy (non-hydrogen) atoms. The third kappa shape index (κ3) is 6.12. The van der Waals surface area contributed by atoms with E-state index >= 15 is 0 Å². The second-order valence-electron chi connectivity index (χ2n) is 2.46. The summed E-state index contributed by atoms with van der Waals surface area (Å²) in [5, 5.41) is 0. The number of aromatic nitrogens is 2. The molecule has 0 radical (unpaired) electrons. The molecule has 0 N–H and O–H groups in total. The molecule has 1 rings (SSSR count). The van der Waals surface area contributed by atoms with Crippen molar-refractivity contribution in [3.63, 3.8) is 0 Å². The third-order valence-corrected chi connectivity index (χ3v) is 1.17. The number of hydrogen-bond donors (Lipinski definition) is 0. The summed E-state index contributed by atoms with van der Waals surface area (Å²) in [6.45, 7) is 5.91. The van der Waals surface area contributed by atoms with E-state index in [4.69, 9.17) is 0 Å². The number of hydrogen-bond acceptors (Lipinski definition) is 2. The summed E-state index contributed by atoms with van der Waals surface area (Å²) in [6.07, 6.45) is 2.78. The Balaban J connectivity index is 0. The van der Waals surface area contributed by atoms with Crippen molar-refractivity contribution in [3.05, 3.63) is 29.7 Å². The molecule has 0 fully saturated rings. The van der Waals surface area contributed by atoms with Crippen molar-refractivity contribution in [2.45, 2.75) is 20.8 Å². The van der Waals surface area contributed by atoms with E-state index in [0.29, 0.717) is 0 Å². The van der Waals surface area contributed by atoms with Gasteiger partial charge in [-0.05, 0) is 0 Å². The normalized spacial score (nSPS) is 7.92. The van der Waals surface area contributed by atoms with Crippen LogP contribution in [0.3, 0.4) is 0 Å². The molecule has 0 aliphatic rings. The summed E-state index contributed by atoms with van der Waals surface area (Å²) in [7, 11) is 0. The van der Waals surface area contributed by atoms with Gasteiger partial charge < -0.3 is 15.9 Å². The van der Waals surface area contributed by atoms with Crippen molar-refractivity contribution in [2.75, 3.05) is 0 Å². The minimum Gasteiger partial charge on any atom is -0.403 e. The zero-order valence-electron chi connectivity index (χ0n) is 8.47. The molecule has 4 heteroatoms. The smallest absolute Gasteiger partial charge is 0.403 e. The first-order valence-corrected chi connectivity index (χ1v) is 3.22. The van der Waals surface area contributed by atoms with Gasteiger partial charge >= 0.3 is 116 Å². The molecule has 54 valence electrons. The van der Waals surface area contributed by atoms with Crippen molar-refractivity contribution in [2.24, 2.45) is 0 Å². The fraction of sp³-hybridized carbons (Fsp3) is 0.375. The van der Waals surface area contributed by atoms with Gasteiger partial charge in [-0.15, -0.1) is 11.9 Å². The molecule has 0 aromatic carbocycles. The Kier molecular flexibility index (Phi) is 12.5. The van der Waals surface area contributed by atoms with Gasteiger partial charge in [0.2, 0.25) is 0 Å². The topological polar surface area (TPSA) is 25.8 Å². The van der Waals surface area contributed by atoms with Crippen molar-refractivity contribution < 1.29 is 116 Å². The minimum absolute atomic E-state index is 0. The summed E-state index contributed by atoms with van der Waals surface area (Å²) < 4.78 is 0. The SMILES string of the molecule is Cc1c[c-]nc([C-](C)C)n1.[Rb+].[Rb+]. The van der Waals surface area contributed by atoms with Crippen molar-refractivity contribution in [3.8, 4) is 0 Å². The summed E-state index contributed by atoms with van der Waals surface area (Å²) >= 11 is 0. The van der Waals surface area contributed by atoms with E-state index in [1.807, 2.05) is 20.8 Å². The van der Waals surface area contributed by atoms with Gasteiger partial charge in [-0.3, -0.25) is 0 Å². The van der Waals surface area contributed by atoms with Crippen LogP contribution in [0.15, 0.2) is 6.07 Å². The molecule has 1 aromatic heterocycles. The van der Waals surface area contributed by atoms with Crippen LogP contribution in [0.2, 0.25) is 0 Å². The zero-order valence-corrected chi connectivity index (χ0v) is 18.3. The Morgan fingerprint density at radius 1 is 1.33 bits per heavy atom. The quantitative estimate of drug-likeness (QED) is 0.489. The van der Waals surface area contributed by atoms with E-state index in [0.717, 1.165) is 17.4 Å². The van der Waals surface area contributed by atoms with Crippen molar-refractivity contribution in [1.29, 1.82) is 0 Å². The van der Waals surface area contributed by atoms with Gasteiger partial charge in [-0.25, -0.2) is 0 Å². The van der Waals surface area contributed by atoms with Crippen molar-refractivity contribution >= 4 is 0 Å². The first-order chi connectivity index (χ1) is 4.70. The first kappa shape index (κ1) is 17.0. The average Bonchev–Trinajstić information content (AvgIpc) is 1.88. The van der Waals surface area contributed by atoms with Crippen LogP contribution in [0, 0.1) is 19.0 Å². The summed E-state index contributed by atoms with van der Waals surface area (Å²) in [5.74, 6) is 1.92. The zero-order chi connectivity index (χ0) is 7.56. The predicted octanol–water partition coefficient (Wildman–Crippen LogP) is -4.44. The van der Waals surface area contributed by atoms with Crippen LogP contribution in [-0.4, -0.2) is 9.97 Å². The maximum Gasteiger partial charge on any atom is 1.00 e. The average molecular weight is 305 g/mol. The molecule has 0 bridgehead atoms. The largest absolute Gasteiger partial charge is 1.00 e. The molecule has 0 saturated carbocycles. The monoisotopic (exact) mass is 304 g/mol. The molecule has 1 heterocycles. The van der Waals surface area contributed by atoms with Crippen LogP contribution in [0.5, 0.6) is 0 Å². The third-order valence-electron chi connectivity index (χ3n) is 1.17. The van der Waals surface area contributed by atoms with Crippen LogP contribution >= 0.6 is 0 Å². The standard InChI is InChI=1S/C8H10N2.2Rb/c1-6(2)8-9-5-4-7(3)10-8;;/h4H,1-3H3;;/q-2;2*+1. The molecule has 0 saturated heterocycles. The molecule has 0 spiro atoms. The molecular weight excluding hydrogens is 295 g/mol. The first-order valence-electron chi connectivity index (χ1n) is 3.22. The molecular formula is C8H10N2Rb2. The molecule has 0 unspecified atom stereocenters. The second-order valence-corrected chi connectivity index (χ2v) is 2.46. The predicted molar refractivity (Wildman–Crippen MR) is 39.3 cm³/mol. The molecule has 2 nitrogen and oxygen atoms in total. The fourth-order valence-corrected chi connectivity index (χ4v) is 0.635. The van der Waals surface area contributed by atoms with Gasteiger partial charge in [0.25, 0.3) is 0 Å². The Hall–Kier alpha value is 2.56. The van der Waals surface area contributed by atoms with E-state index in [1.54, 1.807) is 6.07 Å². The van der Waals surface area contributed by atoms with Gasteiger partial charge in [0.1, 0.15) is 0 Å². The molecule has 0 atom stereocenters. The fourth-order valence-electron chi connectivity index (χ4n) is 0.635. The molecule has 0 amide bonds.